The SMILES string of the molecule is CCOC(=O)c1cccc(N=Cc2ccc(Sc3ccc(C)cc3)cc2)c1. The maximum absolute atomic E-state index is 11.8. The highest BCUT2D eigenvalue weighted by atomic mass is 32.2. The lowest BCUT2D eigenvalue weighted by Crippen LogP contribution is -2.03. The molecule has 0 amide bonds. The van der Waals surface area contributed by atoms with Gasteiger partial charge in [0.1, 0.15) is 0 Å². The number of nitrogens with zero attached hydrogens (tertiary/aromatic N) is 1. The van der Waals surface area contributed by atoms with Crippen LogP contribution in [0.3, 0.4) is 0 Å². The van der Waals surface area contributed by atoms with E-state index in [1.54, 1.807) is 43.1 Å². The molecule has 0 N–H and O–H groups in total. The molecule has 3 nitrogen and oxygen atoms in total. The summed E-state index contributed by atoms with van der Waals surface area (Å²) in [6.45, 7) is 4.24. The van der Waals surface area contributed by atoms with E-state index in [4.69, 9.17) is 4.74 Å². The third kappa shape index (κ3) is 5.56. The first-order valence-electron chi connectivity index (χ1n) is 8.80. The zero-order valence-corrected chi connectivity index (χ0v) is 16.2. The first-order chi connectivity index (χ1) is 13.1. The lowest BCUT2D eigenvalue weighted by Gasteiger charge is -2.03. The summed E-state index contributed by atoms with van der Waals surface area (Å²) in [5.74, 6) is -0.327. The summed E-state index contributed by atoms with van der Waals surface area (Å²) in [5, 5.41) is 0. The van der Waals surface area contributed by atoms with Crippen LogP contribution in [-0.4, -0.2) is 18.8 Å². The second-order valence-corrected chi connectivity index (χ2v) is 7.16. The number of aliphatic imine (C=N–C) groups is 1. The third-order valence-corrected chi connectivity index (χ3v) is 4.87. The average Bonchev–Trinajstić information content (AvgIpc) is 2.70. The van der Waals surface area contributed by atoms with Crippen LogP contribution in [0, 0.1) is 6.92 Å². The topological polar surface area (TPSA) is 38.7 Å². The largest absolute Gasteiger partial charge is 0.462 e. The van der Waals surface area contributed by atoms with Crippen molar-refractivity contribution in [2.24, 2.45) is 4.99 Å². The molecule has 0 saturated heterocycles. The van der Waals surface area contributed by atoms with E-state index < -0.39 is 0 Å². The molecule has 0 aliphatic heterocycles. The summed E-state index contributed by atoms with van der Waals surface area (Å²) in [4.78, 5) is 18.7. The Kier molecular flexibility index (Phi) is 6.44. The van der Waals surface area contributed by atoms with Gasteiger partial charge in [0.15, 0.2) is 0 Å². The summed E-state index contributed by atoms with van der Waals surface area (Å²) >= 11 is 1.73. The fraction of sp³-hybridized carbons (Fsp3) is 0.130. The Balaban J connectivity index is 1.66. The zero-order chi connectivity index (χ0) is 19.1. The Hall–Kier alpha value is -2.85. The van der Waals surface area contributed by atoms with Crippen LogP contribution in [0.25, 0.3) is 0 Å². The van der Waals surface area contributed by atoms with Crippen LogP contribution in [0.4, 0.5) is 5.69 Å². The molecule has 27 heavy (non-hydrogen) atoms. The Labute approximate surface area is 164 Å². The molecule has 4 heteroatoms. The molecule has 0 heterocycles. The molecular formula is C23H21NO2S. The summed E-state index contributed by atoms with van der Waals surface area (Å²) in [6, 6.07) is 23.9. The lowest BCUT2D eigenvalue weighted by atomic mass is 10.2. The number of carbonyl (C=O) groups excluding carboxylic acids is 1. The van der Waals surface area contributed by atoms with Crippen molar-refractivity contribution in [1.29, 1.82) is 0 Å². The molecule has 0 atom stereocenters. The molecule has 0 unspecified atom stereocenters. The fourth-order valence-corrected chi connectivity index (χ4v) is 3.26. The van der Waals surface area contributed by atoms with E-state index in [9.17, 15) is 4.79 Å². The van der Waals surface area contributed by atoms with Crippen LogP contribution in [-0.2, 0) is 4.74 Å². The first-order valence-corrected chi connectivity index (χ1v) is 9.61. The van der Waals surface area contributed by atoms with Crippen LogP contribution in [0.1, 0.15) is 28.4 Å². The van der Waals surface area contributed by atoms with Gasteiger partial charge >= 0.3 is 5.97 Å². The highest BCUT2D eigenvalue weighted by molar-refractivity contribution is 7.99. The number of hydrogen-bond donors (Lipinski definition) is 0. The minimum absolute atomic E-state index is 0.327. The smallest absolute Gasteiger partial charge is 0.338 e. The third-order valence-electron chi connectivity index (χ3n) is 3.86. The van der Waals surface area contributed by atoms with Gasteiger partial charge in [-0.25, -0.2) is 4.79 Å². The van der Waals surface area contributed by atoms with Gasteiger partial charge in [0.05, 0.1) is 17.9 Å². The molecule has 3 rings (SSSR count). The molecule has 0 fully saturated rings. The molecule has 0 aliphatic carbocycles. The molecule has 0 saturated carbocycles. The molecule has 0 radical (unpaired) electrons. The molecule has 0 aromatic heterocycles. The van der Waals surface area contributed by atoms with Crippen LogP contribution in [0.2, 0.25) is 0 Å². The van der Waals surface area contributed by atoms with Crippen molar-refractivity contribution in [3.63, 3.8) is 0 Å². The molecule has 3 aromatic rings. The van der Waals surface area contributed by atoms with Gasteiger partial charge in [0.2, 0.25) is 0 Å². The van der Waals surface area contributed by atoms with Gasteiger partial charge in [-0.3, -0.25) is 4.99 Å². The van der Waals surface area contributed by atoms with Crippen LogP contribution >= 0.6 is 11.8 Å². The first kappa shape index (κ1) is 18.9. The summed E-state index contributed by atoms with van der Waals surface area (Å²) in [5.41, 5.74) is 3.50. The second kappa shape index (κ2) is 9.19. The van der Waals surface area contributed by atoms with E-state index in [0.29, 0.717) is 12.2 Å². The molecule has 0 spiro atoms. The second-order valence-electron chi connectivity index (χ2n) is 6.01. The predicted molar refractivity (Wildman–Crippen MR) is 111 cm³/mol. The van der Waals surface area contributed by atoms with Crippen molar-refractivity contribution in [2.75, 3.05) is 6.61 Å². The molecule has 0 aliphatic rings. The maximum atomic E-state index is 11.8. The van der Waals surface area contributed by atoms with Gasteiger partial charge in [-0.1, -0.05) is 47.7 Å². The van der Waals surface area contributed by atoms with E-state index in [-0.39, 0.29) is 5.97 Å². The van der Waals surface area contributed by atoms with Crippen molar-refractivity contribution < 1.29 is 9.53 Å². The number of benzene rings is 3. The van der Waals surface area contributed by atoms with Gasteiger partial charge < -0.3 is 4.74 Å². The van der Waals surface area contributed by atoms with E-state index >= 15 is 0 Å². The molecule has 0 bridgehead atoms. The van der Waals surface area contributed by atoms with Crippen molar-refractivity contribution >= 4 is 29.6 Å². The van der Waals surface area contributed by atoms with E-state index in [1.807, 2.05) is 18.2 Å². The summed E-state index contributed by atoms with van der Waals surface area (Å²) in [7, 11) is 0. The van der Waals surface area contributed by atoms with Crippen molar-refractivity contribution in [3.8, 4) is 0 Å². The molecule has 3 aromatic carbocycles. The number of carbonyl (C=O) groups is 1. The Bertz CT molecular complexity index is 931. The quantitative estimate of drug-likeness (QED) is 0.387. The predicted octanol–water partition coefficient (Wildman–Crippen LogP) is 6.07. The van der Waals surface area contributed by atoms with E-state index in [2.05, 4.69) is 48.3 Å². The van der Waals surface area contributed by atoms with Crippen LogP contribution in [0.15, 0.2) is 87.6 Å². The number of esters is 1. The number of hydrogen-bond acceptors (Lipinski definition) is 4. The average molecular weight is 375 g/mol. The van der Waals surface area contributed by atoms with E-state index in [0.717, 1.165) is 11.3 Å². The Morgan fingerprint density at radius 1 is 1.00 bits per heavy atom. The highest BCUT2D eigenvalue weighted by Crippen LogP contribution is 2.27. The van der Waals surface area contributed by atoms with Crippen molar-refractivity contribution in [2.45, 2.75) is 23.6 Å². The minimum Gasteiger partial charge on any atom is -0.462 e. The summed E-state index contributed by atoms with van der Waals surface area (Å²) < 4.78 is 5.02. The van der Waals surface area contributed by atoms with Crippen LogP contribution in [0.5, 0.6) is 0 Å². The normalized spacial score (nSPS) is 10.9. The Morgan fingerprint density at radius 2 is 1.67 bits per heavy atom. The standard InChI is InChI=1S/C23H21NO2S/c1-3-26-23(25)19-5-4-6-20(15-19)24-16-18-9-13-22(14-10-18)27-21-11-7-17(2)8-12-21/h4-16H,3H2,1-2H3. The van der Waals surface area contributed by atoms with Gasteiger partial charge in [0, 0.05) is 16.0 Å². The van der Waals surface area contributed by atoms with Crippen molar-refractivity contribution in [3.05, 3.63) is 89.5 Å². The maximum Gasteiger partial charge on any atom is 0.338 e. The van der Waals surface area contributed by atoms with Gasteiger partial charge in [-0.2, -0.15) is 0 Å². The number of ether oxygens (including phenoxy) is 1. The lowest BCUT2D eigenvalue weighted by molar-refractivity contribution is 0.0526. The van der Waals surface area contributed by atoms with Gasteiger partial charge in [-0.15, -0.1) is 0 Å². The molecular weight excluding hydrogens is 354 g/mol. The van der Waals surface area contributed by atoms with Gasteiger partial charge in [-0.05, 0) is 61.9 Å². The zero-order valence-electron chi connectivity index (χ0n) is 15.4. The number of rotatable bonds is 6. The number of aryl methyl sites for hydroxylation is 1. The van der Waals surface area contributed by atoms with Crippen LogP contribution < -0.4 is 0 Å². The molecule has 136 valence electrons. The minimum atomic E-state index is -0.327. The fourth-order valence-electron chi connectivity index (χ4n) is 2.44. The van der Waals surface area contributed by atoms with Crippen molar-refractivity contribution in [1.82, 2.24) is 0 Å². The summed E-state index contributed by atoms with van der Waals surface area (Å²) in [6.07, 6.45) is 1.80. The van der Waals surface area contributed by atoms with Gasteiger partial charge in [0.25, 0.3) is 0 Å². The highest BCUT2D eigenvalue weighted by Gasteiger charge is 2.06. The monoisotopic (exact) mass is 375 g/mol. The Morgan fingerprint density at radius 3 is 2.33 bits per heavy atom. The van der Waals surface area contributed by atoms with E-state index in [1.165, 1.54) is 15.4 Å².